The first kappa shape index (κ1) is 17.0. The number of hydrogen-bond acceptors (Lipinski definition) is 4. The van der Waals surface area contributed by atoms with Crippen LogP contribution < -0.4 is 10.9 Å². The molecule has 0 atom stereocenters. The van der Waals surface area contributed by atoms with E-state index in [0.29, 0.717) is 4.88 Å². The third-order valence-corrected chi connectivity index (χ3v) is 4.55. The minimum absolute atomic E-state index is 0.0920. The number of aryl methyl sites for hydroxylation is 1. The highest BCUT2D eigenvalue weighted by molar-refractivity contribution is 7.17. The van der Waals surface area contributed by atoms with Crippen LogP contribution in [0.5, 0.6) is 0 Å². The highest BCUT2D eigenvalue weighted by Crippen LogP contribution is 2.28. The number of thiophene rings is 1. The molecule has 0 saturated carbocycles. The highest BCUT2D eigenvalue weighted by Gasteiger charge is 2.13. The van der Waals surface area contributed by atoms with Gasteiger partial charge in [-0.2, -0.15) is 0 Å². The van der Waals surface area contributed by atoms with Gasteiger partial charge in [0.25, 0.3) is 11.5 Å². The van der Waals surface area contributed by atoms with Crippen molar-refractivity contribution in [3.63, 3.8) is 0 Å². The van der Waals surface area contributed by atoms with E-state index in [9.17, 15) is 18.4 Å². The number of carbonyl (C=O) groups excluding carboxylic acids is 1. The van der Waals surface area contributed by atoms with E-state index in [-0.39, 0.29) is 12.2 Å². The molecule has 0 aliphatic carbocycles. The van der Waals surface area contributed by atoms with Gasteiger partial charge >= 0.3 is 0 Å². The summed E-state index contributed by atoms with van der Waals surface area (Å²) in [5.74, 6) is -1.48. The number of hydrogen-bond donors (Lipinski definition) is 1. The molecule has 0 spiro atoms. The number of alkyl halides is 1. The van der Waals surface area contributed by atoms with E-state index < -0.39 is 24.0 Å². The number of nitrogens with zero attached hydrogens (tertiary/aromatic N) is 2. The second kappa shape index (κ2) is 7.35. The van der Waals surface area contributed by atoms with Crippen LogP contribution in [0.4, 0.5) is 14.5 Å². The average molecular weight is 361 g/mol. The summed E-state index contributed by atoms with van der Waals surface area (Å²) in [5.41, 5.74) is 0.0998. The molecular formula is C17H13F2N3O2S. The summed E-state index contributed by atoms with van der Waals surface area (Å²) < 4.78 is 27.0. The third-order valence-electron chi connectivity index (χ3n) is 3.42. The first-order valence-corrected chi connectivity index (χ1v) is 8.17. The van der Waals surface area contributed by atoms with E-state index >= 15 is 0 Å². The lowest BCUT2D eigenvalue weighted by Gasteiger charge is -2.08. The fraction of sp³-hybridized carbons (Fsp3) is 0.118. The predicted molar refractivity (Wildman–Crippen MR) is 92.1 cm³/mol. The largest absolute Gasteiger partial charge is 0.320 e. The molecule has 0 saturated heterocycles. The van der Waals surface area contributed by atoms with Crippen molar-refractivity contribution in [3.8, 4) is 10.4 Å². The van der Waals surface area contributed by atoms with Crippen molar-refractivity contribution in [2.24, 2.45) is 0 Å². The highest BCUT2D eigenvalue weighted by atomic mass is 32.1. The maximum atomic E-state index is 13.6. The molecule has 0 bridgehead atoms. The van der Waals surface area contributed by atoms with E-state index in [1.807, 2.05) is 12.1 Å². The Labute approximate surface area is 145 Å². The quantitative estimate of drug-likeness (QED) is 0.758. The molecular weight excluding hydrogens is 348 g/mol. The van der Waals surface area contributed by atoms with Crippen LogP contribution >= 0.6 is 11.3 Å². The Balaban J connectivity index is 1.81. The molecule has 1 N–H and O–H groups in total. The molecule has 25 heavy (non-hydrogen) atoms. The number of amides is 1. The van der Waals surface area contributed by atoms with E-state index in [1.54, 1.807) is 24.5 Å². The molecule has 3 rings (SSSR count). The Morgan fingerprint density at radius 3 is 2.72 bits per heavy atom. The van der Waals surface area contributed by atoms with Crippen molar-refractivity contribution in [1.82, 2.24) is 9.55 Å². The summed E-state index contributed by atoms with van der Waals surface area (Å²) in [6.07, 6.45) is 4.54. The van der Waals surface area contributed by atoms with Gasteiger partial charge in [0, 0.05) is 29.5 Å². The topological polar surface area (TPSA) is 64.0 Å². The average Bonchev–Trinajstić information content (AvgIpc) is 3.10. The van der Waals surface area contributed by atoms with Crippen LogP contribution in [0.3, 0.4) is 0 Å². The molecule has 128 valence electrons. The Morgan fingerprint density at radius 2 is 2.00 bits per heavy atom. The fourth-order valence-electron chi connectivity index (χ4n) is 2.25. The normalized spacial score (nSPS) is 10.6. The fourth-order valence-corrected chi connectivity index (χ4v) is 3.16. The van der Waals surface area contributed by atoms with Crippen LogP contribution in [-0.4, -0.2) is 22.1 Å². The molecule has 0 aliphatic heterocycles. The van der Waals surface area contributed by atoms with Gasteiger partial charge in [0.05, 0.1) is 17.1 Å². The summed E-state index contributed by atoms with van der Waals surface area (Å²) >= 11 is 1.27. The van der Waals surface area contributed by atoms with Gasteiger partial charge in [-0.15, -0.1) is 11.3 Å². The van der Waals surface area contributed by atoms with Gasteiger partial charge in [-0.1, -0.05) is 0 Å². The van der Waals surface area contributed by atoms with Gasteiger partial charge in [0.15, 0.2) is 5.82 Å². The molecule has 0 aliphatic rings. The van der Waals surface area contributed by atoms with Gasteiger partial charge < -0.3 is 9.88 Å². The zero-order chi connectivity index (χ0) is 17.8. The number of aromatic nitrogens is 2. The number of carbonyl (C=O) groups is 1. The van der Waals surface area contributed by atoms with Crippen molar-refractivity contribution >= 4 is 22.9 Å². The lowest BCUT2D eigenvalue weighted by atomic mass is 10.2. The zero-order valence-corrected chi connectivity index (χ0v) is 13.7. The molecule has 8 heteroatoms. The molecule has 0 radical (unpaired) electrons. The van der Waals surface area contributed by atoms with Gasteiger partial charge in [-0.25, -0.2) is 8.78 Å². The van der Waals surface area contributed by atoms with Crippen molar-refractivity contribution in [1.29, 1.82) is 0 Å². The molecule has 3 aromatic rings. The van der Waals surface area contributed by atoms with Crippen LogP contribution in [0.15, 0.2) is 53.7 Å². The minimum Gasteiger partial charge on any atom is -0.320 e. The monoisotopic (exact) mass is 361 g/mol. The Morgan fingerprint density at radius 1 is 1.24 bits per heavy atom. The van der Waals surface area contributed by atoms with Crippen LogP contribution in [0.25, 0.3) is 10.4 Å². The molecule has 3 aromatic heterocycles. The van der Waals surface area contributed by atoms with Crippen molar-refractivity contribution < 1.29 is 13.6 Å². The first-order chi connectivity index (χ1) is 12.1. The summed E-state index contributed by atoms with van der Waals surface area (Å²) in [5, 5.41) is 2.53. The Hall–Kier alpha value is -2.87. The van der Waals surface area contributed by atoms with E-state index in [2.05, 4.69) is 10.3 Å². The second-order valence-corrected chi connectivity index (χ2v) is 6.20. The number of rotatable bonds is 5. The van der Waals surface area contributed by atoms with Crippen molar-refractivity contribution in [2.45, 2.75) is 6.54 Å². The zero-order valence-electron chi connectivity index (χ0n) is 12.9. The van der Waals surface area contributed by atoms with Gasteiger partial charge in [0.2, 0.25) is 0 Å². The maximum absolute atomic E-state index is 13.6. The lowest BCUT2D eigenvalue weighted by Crippen LogP contribution is -2.24. The summed E-state index contributed by atoms with van der Waals surface area (Å²) in [6, 6.07) is 8.04. The van der Waals surface area contributed by atoms with Crippen molar-refractivity contribution in [2.75, 3.05) is 12.0 Å². The predicted octanol–water partition coefficient (Wildman–Crippen LogP) is 3.33. The van der Waals surface area contributed by atoms with Gasteiger partial charge in [-0.3, -0.25) is 14.6 Å². The van der Waals surface area contributed by atoms with E-state index in [4.69, 9.17) is 0 Å². The molecule has 5 nitrogen and oxygen atoms in total. The molecule has 0 aromatic carbocycles. The number of pyridine rings is 2. The standard InChI is InChI=1S/C17H13F2N3O2S/c18-5-8-22-10-12(9-13(19)17(22)24)21-16(23)15-2-1-14(25-15)11-3-6-20-7-4-11/h1-4,6-7,9-10H,5,8H2,(H,21,23). The van der Waals surface area contributed by atoms with Crippen LogP contribution in [-0.2, 0) is 6.54 Å². The molecule has 0 fully saturated rings. The van der Waals surface area contributed by atoms with Gasteiger partial charge in [-0.05, 0) is 29.8 Å². The minimum atomic E-state index is -1.05. The van der Waals surface area contributed by atoms with Crippen molar-refractivity contribution in [3.05, 3.63) is 70.0 Å². The summed E-state index contributed by atoms with van der Waals surface area (Å²) in [7, 11) is 0. The Kier molecular flexibility index (Phi) is 4.99. The second-order valence-electron chi connectivity index (χ2n) is 5.12. The van der Waals surface area contributed by atoms with Crippen LogP contribution in [0, 0.1) is 5.82 Å². The Bertz CT molecular complexity index is 954. The summed E-state index contributed by atoms with van der Waals surface area (Å²) in [6.45, 7) is -1.08. The first-order valence-electron chi connectivity index (χ1n) is 7.36. The number of nitrogens with one attached hydrogen (secondary N) is 1. The van der Waals surface area contributed by atoms with Crippen LogP contribution in [0.1, 0.15) is 9.67 Å². The number of anilines is 1. The smallest absolute Gasteiger partial charge is 0.286 e. The number of halogens is 2. The molecule has 1 amide bonds. The van der Waals surface area contributed by atoms with E-state index in [0.717, 1.165) is 21.1 Å². The summed E-state index contributed by atoms with van der Waals surface area (Å²) in [4.78, 5) is 29.1. The SMILES string of the molecule is O=C(Nc1cc(F)c(=O)n(CCF)c1)c1ccc(-c2ccncc2)s1. The maximum Gasteiger partial charge on any atom is 0.286 e. The van der Waals surface area contributed by atoms with Crippen LogP contribution in [0.2, 0.25) is 0 Å². The van der Waals surface area contributed by atoms with Gasteiger partial charge in [0.1, 0.15) is 6.67 Å². The molecule has 0 unspecified atom stereocenters. The van der Waals surface area contributed by atoms with E-state index in [1.165, 1.54) is 17.5 Å². The lowest BCUT2D eigenvalue weighted by molar-refractivity contribution is 0.103. The third kappa shape index (κ3) is 3.80. The molecule has 3 heterocycles.